The predicted molar refractivity (Wildman–Crippen MR) is 79.2 cm³/mol. The Balaban J connectivity index is 2.20. The first-order valence-corrected chi connectivity index (χ1v) is 8.04. The van der Waals surface area contributed by atoms with Gasteiger partial charge in [-0.2, -0.15) is 4.31 Å². The summed E-state index contributed by atoms with van der Waals surface area (Å²) in [6, 6.07) is 9.79. The molecule has 0 fully saturated rings. The summed E-state index contributed by atoms with van der Waals surface area (Å²) in [5.74, 6) is 1.34. The van der Waals surface area contributed by atoms with Crippen LogP contribution >= 0.6 is 0 Å². The van der Waals surface area contributed by atoms with E-state index in [2.05, 4.69) is 0 Å². The van der Waals surface area contributed by atoms with E-state index < -0.39 is 16.1 Å². The largest absolute Gasteiger partial charge is 0.465 e. The van der Waals surface area contributed by atoms with Gasteiger partial charge < -0.3 is 9.52 Å². The van der Waals surface area contributed by atoms with Crippen LogP contribution in [0.15, 0.2) is 45.7 Å². The summed E-state index contributed by atoms with van der Waals surface area (Å²) in [7, 11) is -2.07. The first-order valence-electron chi connectivity index (χ1n) is 6.60. The number of hydrogen-bond acceptors (Lipinski definition) is 4. The maximum Gasteiger partial charge on any atom is 0.243 e. The van der Waals surface area contributed by atoms with Gasteiger partial charge in [-0.15, -0.1) is 0 Å². The summed E-state index contributed by atoms with van der Waals surface area (Å²) in [5, 5.41) is 9.45. The van der Waals surface area contributed by atoms with Gasteiger partial charge in [0.25, 0.3) is 0 Å². The molecule has 1 atom stereocenters. The third kappa shape index (κ3) is 3.53. The molecule has 0 bridgehead atoms. The number of rotatable bonds is 5. The molecule has 1 unspecified atom stereocenters. The number of furan rings is 1. The SMILES string of the molecule is Cc1ccc(CN(C)S(=O)(=O)c2ccc(C(C)O)cc2)o1. The molecule has 2 aromatic rings. The normalized spacial score (nSPS) is 13.6. The van der Waals surface area contributed by atoms with Crippen molar-refractivity contribution in [2.75, 3.05) is 7.05 Å². The molecule has 21 heavy (non-hydrogen) atoms. The Morgan fingerprint density at radius 2 is 1.81 bits per heavy atom. The van der Waals surface area contributed by atoms with Crippen molar-refractivity contribution in [3.05, 3.63) is 53.5 Å². The number of benzene rings is 1. The highest BCUT2D eigenvalue weighted by Crippen LogP contribution is 2.20. The summed E-state index contributed by atoms with van der Waals surface area (Å²) in [5.41, 5.74) is 0.679. The molecule has 1 aromatic heterocycles. The average molecular weight is 309 g/mol. The van der Waals surface area contributed by atoms with Gasteiger partial charge in [-0.1, -0.05) is 12.1 Å². The quantitative estimate of drug-likeness (QED) is 0.921. The number of aliphatic hydroxyl groups is 1. The van der Waals surface area contributed by atoms with Gasteiger partial charge in [0.1, 0.15) is 11.5 Å². The van der Waals surface area contributed by atoms with E-state index in [4.69, 9.17) is 4.42 Å². The summed E-state index contributed by atoms with van der Waals surface area (Å²) < 4.78 is 31.5. The maximum atomic E-state index is 12.4. The number of hydrogen-bond donors (Lipinski definition) is 1. The molecule has 1 N–H and O–H groups in total. The van der Waals surface area contributed by atoms with Gasteiger partial charge in [-0.3, -0.25) is 0 Å². The molecule has 0 spiro atoms. The fourth-order valence-corrected chi connectivity index (χ4v) is 3.11. The van der Waals surface area contributed by atoms with Crippen molar-refractivity contribution >= 4 is 10.0 Å². The minimum atomic E-state index is -3.58. The van der Waals surface area contributed by atoms with Gasteiger partial charge >= 0.3 is 0 Å². The Bertz CT molecular complexity index is 702. The molecule has 1 aromatic carbocycles. The van der Waals surface area contributed by atoms with Crippen molar-refractivity contribution in [3.8, 4) is 0 Å². The van der Waals surface area contributed by atoms with E-state index in [9.17, 15) is 13.5 Å². The monoisotopic (exact) mass is 309 g/mol. The van der Waals surface area contributed by atoms with E-state index in [0.717, 1.165) is 5.76 Å². The fourth-order valence-electron chi connectivity index (χ4n) is 1.97. The summed E-state index contributed by atoms with van der Waals surface area (Å²) >= 11 is 0. The fraction of sp³-hybridized carbons (Fsp3) is 0.333. The van der Waals surface area contributed by atoms with Crippen molar-refractivity contribution in [3.63, 3.8) is 0 Å². The molecule has 0 aliphatic carbocycles. The van der Waals surface area contributed by atoms with E-state index >= 15 is 0 Å². The number of aryl methyl sites for hydroxylation is 1. The standard InChI is InChI=1S/C15H19NO4S/c1-11-4-7-14(20-11)10-16(3)21(18,19)15-8-5-13(6-9-15)12(2)17/h4-9,12,17H,10H2,1-3H3. The summed E-state index contributed by atoms with van der Waals surface area (Å²) in [6.45, 7) is 3.62. The Morgan fingerprint density at radius 1 is 1.19 bits per heavy atom. The molecule has 0 aliphatic rings. The van der Waals surface area contributed by atoms with Crippen molar-refractivity contribution in [2.45, 2.75) is 31.4 Å². The van der Waals surface area contributed by atoms with Crippen LogP contribution in [0.3, 0.4) is 0 Å². The second kappa shape index (κ2) is 6.01. The van der Waals surface area contributed by atoms with Crippen LogP contribution in [0.4, 0.5) is 0 Å². The van der Waals surface area contributed by atoms with Gasteiger partial charge in [-0.25, -0.2) is 8.42 Å². The van der Waals surface area contributed by atoms with Crippen LogP contribution in [0.1, 0.15) is 30.1 Å². The van der Waals surface area contributed by atoms with Gasteiger partial charge in [0, 0.05) is 7.05 Å². The zero-order valence-corrected chi connectivity index (χ0v) is 13.1. The first-order chi connectivity index (χ1) is 9.80. The lowest BCUT2D eigenvalue weighted by atomic mass is 10.1. The van der Waals surface area contributed by atoms with Gasteiger partial charge in [0.05, 0.1) is 17.5 Å². The maximum absolute atomic E-state index is 12.4. The predicted octanol–water partition coefficient (Wildman–Crippen LogP) is 2.46. The zero-order valence-electron chi connectivity index (χ0n) is 12.3. The molecule has 0 aliphatic heterocycles. The number of aliphatic hydroxyl groups excluding tert-OH is 1. The average Bonchev–Trinajstić information content (AvgIpc) is 2.84. The van der Waals surface area contributed by atoms with E-state index in [1.165, 1.54) is 23.5 Å². The van der Waals surface area contributed by atoms with E-state index in [1.54, 1.807) is 31.2 Å². The lowest BCUT2D eigenvalue weighted by Crippen LogP contribution is -2.26. The molecule has 0 radical (unpaired) electrons. The van der Waals surface area contributed by atoms with E-state index in [1.807, 2.05) is 6.92 Å². The van der Waals surface area contributed by atoms with Crippen LogP contribution in [0.25, 0.3) is 0 Å². The molecular formula is C15H19NO4S. The molecule has 6 heteroatoms. The van der Waals surface area contributed by atoms with Gasteiger partial charge in [-0.05, 0) is 43.7 Å². The van der Waals surface area contributed by atoms with Crippen molar-refractivity contribution in [2.24, 2.45) is 0 Å². The van der Waals surface area contributed by atoms with Crippen molar-refractivity contribution in [1.82, 2.24) is 4.31 Å². The van der Waals surface area contributed by atoms with Crippen LogP contribution in [0.2, 0.25) is 0 Å². The molecule has 0 amide bonds. The molecule has 0 saturated heterocycles. The molecular weight excluding hydrogens is 290 g/mol. The van der Waals surface area contributed by atoms with Crippen LogP contribution in [-0.2, 0) is 16.6 Å². The van der Waals surface area contributed by atoms with E-state index in [-0.39, 0.29) is 11.4 Å². The molecule has 0 saturated carbocycles. The Hall–Kier alpha value is -1.63. The second-order valence-electron chi connectivity index (χ2n) is 5.02. The van der Waals surface area contributed by atoms with Crippen molar-refractivity contribution in [1.29, 1.82) is 0 Å². The number of nitrogens with zero attached hydrogens (tertiary/aromatic N) is 1. The molecule has 5 nitrogen and oxygen atoms in total. The topological polar surface area (TPSA) is 70.8 Å². The van der Waals surface area contributed by atoms with E-state index in [0.29, 0.717) is 11.3 Å². The lowest BCUT2D eigenvalue weighted by molar-refractivity contribution is 0.199. The van der Waals surface area contributed by atoms with Gasteiger partial charge in [0.15, 0.2) is 0 Å². The Kier molecular flexibility index (Phi) is 4.51. The minimum absolute atomic E-state index is 0.175. The van der Waals surface area contributed by atoms with Crippen LogP contribution < -0.4 is 0 Å². The van der Waals surface area contributed by atoms with Crippen LogP contribution in [0.5, 0.6) is 0 Å². The number of sulfonamides is 1. The highest BCUT2D eigenvalue weighted by Gasteiger charge is 2.22. The summed E-state index contributed by atoms with van der Waals surface area (Å²) in [6.07, 6.45) is -0.620. The highest BCUT2D eigenvalue weighted by atomic mass is 32.2. The molecule has 114 valence electrons. The smallest absolute Gasteiger partial charge is 0.243 e. The van der Waals surface area contributed by atoms with Crippen LogP contribution in [0, 0.1) is 6.92 Å². The lowest BCUT2D eigenvalue weighted by Gasteiger charge is -2.16. The van der Waals surface area contributed by atoms with Gasteiger partial charge in [0.2, 0.25) is 10.0 Å². The first kappa shape index (κ1) is 15.8. The Morgan fingerprint density at radius 3 is 2.29 bits per heavy atom. The summed E-state index contributed by atoms with van der Waals surface area (Å²) in [4.78, 5) is 0.192. The Labute approximate surface area is 124 Å². The van der Waals surface area contributed by atoms with Crippen molar-refractivity contribution < 1.29 is 17.9 Å². The third-order valence-electron chi connectivity index (χ3n) is 3.25. The second-order valence-corrected chi connectivity index (χ2v) is 7.06. The minimum Gasteiger partial charge on any atom is -0.465 e. The zero-order chi connectivity index (χ0) is 15.6. The third-order valence-corrected chi connectivity index (χ3v) is 5.06. The molecule has 2 rings (SSSR count). The molecule has 1 heterocycles. The highest BCUT2D eigenvalue weighted by molar-refractivity contribution is 7.89. The van der Waals surface area contributed by atoms with Crippen LogP contribution in [-0.4, -0.2) is 24.9 Å².